The molecular weight excluding hydrogens is 218 g/mol. The summed E-state index contributed by atoms with van der Waals surface area (Å²) in [7, 11) is 1.72. The van der Waals surface area contributed by atoms with Crippen molar-refractivity contribution in [3.05, 3.63) is 22.8 Å². The van der Waals surface area contributed by atoms with Gasteiger partial charge in [-0.05, 0) is 55.7 Å². The number of thiol groups is 1. The number of nitrogens with one attached hydrogen (secondary N) is 1. The molecule has 16 heavy (non-hydrogen) atoms. The molecule has 0 unspecified atom stereocenters. The molecule has 0 aromatic heterocycles. The third kappa shape index (κ3) is 2.85. The van der Waals surface area contributed by atoms with Crippen molar-refractivity contribution in [2.24, 2.45) is 0 Å². The Morgan fingerprint density at radius 2 is 1.94 bits per heavy atom. The summed E-state index contributed by atoms with van der Waals surface area (Å²) < 4.78 is 5.40. The number of ether oxygens (including phenoxy) is 1. The van der Waals surface area contributed by atoms with E-state index in [2.05, 4.69) is 44.8 Å². The first-order valence-electron chi connectivity index (χ1n) is 5.61. The number of rotatable bonds is 5. The minimum atomic E-state index is 0.917. The summed E-state index contributed by atoms with van der Waals surface area (Å²) in [6, 6.07) is 2.15. The summed E-state index contributed by atoms with van der Waals surface area (Å²) >= 11 is 4.20. The van der Waals surface area contributed by atoms with Crippen LogP contribution in [0, 0.1) is 20.8 Å². The topological polar surface area (TPSA) is 21.3 Å². The van der Waals surface area contributed by atoms with Gasteiger partial charge >= 0.3 is 0 Å². The van der Waals surface area contributed by atoms with E-state index in [4.69, 9.17) is 4.74 Å². The van der Waals surface area contributed by atoms with Crippen LogP contribution in [0.5, 0.6) is 5.75 Å². The number of hydrogen-bond acceptors (Lipinski definition) is 3. The summed E-state index contributed by atoms with van der Waals surface area (Å²) in [6.07, 6.45) is 1.08. The molecule has 0 aliphatic rings. The van der Waals surface area contributed by atoms with Crippen LogP contribution < -0.4 is 10.1 Å². The monoisotopic (exact) mass is 239 g/mol. The molecule has 0 amide bonds. The largest absolute Gasteiger partial charge is 0.496 e. The molecule has 0 atom stereocenters. The second-order valence-corrected chi connectivity index (χ2v) is 4.48. The second kappa shape index (κ2) is 6.04. The highest BCUT2D eigenvalue weighted by Crippen LogP contribution is 2.31. The predicted octanol–water partition coefficient (Wildman–Crippen LogP) is 3.35. The van der Waals surface area contributed by atoms with Crippen LogP contribution in [0.3, 0.4) is 0 Å². The van der Waals surface area contributed by atoms with Crippen LogP contribution in [-0.4, -0.2) is 19.4 Å². The van der Waals surface area contributed by atoms with Crippen molar-refractivity contribution in [1.82, 2.24) is 0 Å². The second-order valence-electron chi connectivity index (χ2n) is 4.03. The number of methoxy groups -OCH3 is 1. The highest BCUT2D eigenvalue weighted by Gasteiger charge is 2.09. The zero-order valence-electron chi connectivity index (χ0n) is 10.6. The lowest BCUT2D eigenvalue weighted by atomic mass is 10.0. The molecule has 2 nitrogen and oxygen atoms in total. The molecule has 0 saturated heterocycles. The zero-order chi connectivity index (χ0) is 12.1. The van der Waals surface area contributed by atoms with E-state index in [0.29, 0.717) is 0 Å². The molecule has 1 aromatic rings. The molecule has 0 spiro atoms. The van der Waals surface area contributed by atoms with Crippen molar-refractivity contribution in [2.75, 3.05) is 24.7 Å². The molecule has 0 saturated carbocycles. The third-order valence-corrected chi connectivity index (χ3v) is 3.20. The van der Waals surface area contributed by atoms with Crippen molar-refractivity contribution in [1.29, 1.82) is 0 Å². The fraction of sp³-hybridized carbons (Fsp3) is 0.538. The van der Waals surface area contributed by atoms with Crippen LogP contribution in [0.2, 0.25) is 0 Å². The number of benzene rings is 1. The van der Waals surface area contributed by atoms with E-state index in [1.54, 1.807) is 7.11 Å². The third-order valence-electron chi connectivity index (χ3n) is 2.88. The summed E-state index contributed by atoms with van der Waals surface area (Å²) in [5.41, 5.74) is 4.87. The maximum atomic E-state index is 5.40. The highest BCUT2D eigenvalue weighted by atomic mass is 32.1. The first-order valence-corrected chi connectivity index (χ1v) is 6.24. The fourth-order valence-electron chi connectivity index (χ4n) is 1.86. The van der Waals surface area contributed by atoms with Gasteiger partial charge < -0.3 is 10.1 Å². The van der Waals surface area contributed by atoms with Gasteiger partial charge in [-0.25, -0.2) is 0 Å². The van der Waals surface area contributed by atoms with Gasteiger partial charge in [-0.15, -0.1) is 0 Å². The molecule has 0 heterocycles. The Kier molecular flexibility index (Phi) is 5.00. The molecule has 0 bridgehead atoms. The van der Waals surface area contributed by atoms with E-state index in [1.165, 1.54) is 22.4 Å². The Morgan fingerprint density at radius 3 is 2.50 bits per heavy atom. The minimum Gasteiger partial charge on any atom is -0.496 e. The van der Waals surface area contributed by atoms with E-state index in [1.807, 2.05) is 0 Å². The van der Waals surface area contributed by atoms with Gasteiger partial charge in [-0.2, -0.15) is 12.6 Å². The number of anilines is 1. The van der Waals surface area contributed by atoms with E-state index in [-0.39, 0.29) is 0 Å². The zero-order valence-corrected chi connectivity index (χ0v) is 11.4. The predicted molar refractivity (Wildman–Crippen MR) is 74.2 cm³/mol. The van der Waals surface area contributed by atoms with E-state index in [9.17, 15) is 0 Å². The Bertz CT molecular complexity index is 363. The quantitative estimate of drug-likeness (QED) is 0.607. The molecule has 1 N–H and O–H groups in total. The van der Waals surface area contributed by atoms with Crippen LogP contribution >= 0.6 is 12.6 Å². The van der Waals surface area contributed by atoms with Crippen molar-refractivity contribution in [3.63, 3.8) is 0 Å². The van der Waals surface area contributed by atoms with E-state index >= 15 is 0 Å². The molecule has 0 aliphatic heterocycles. The Labute approximate surface area is 104 Å². The van der Waals surface area contributed by atoms with Crippen molar-refractivity contribution in [3.8, 4) is 5.75 Å². The van der Waals surface area contributed by atoms with Crippen molar-refractivity contribution in [2.45, 2.75) is 27.2 Å². The van der Waals surface area contributed by atoms with Gasteiger partial charge in [0.15, 0.2) is 0 Å². The first kappa shape index (κ1) is 13.2. The van der Waals surface area contributed by atoms with Crippen LogP contribution in [0.4, 0.5) is 5.69 Å². The summed E-state index contributed by atoms with van der Waals surface area (Å²) in [6.45, 7) is 7.27. The molecule has 0 fully saturated rings. The summed E-state index contributed by atoms with van der Waals surface area (Å²) in [5.74, 6) is 1.91. The SMILES string of the molecule is COc1c(C)cc(NCCCS)c(C)c1C. The molecule has 3 heteroatoms. The first-order chi connectivity index (χ1) is 7.61. The van der Waals surface area contributed by atoms with Gasteiger partial charge in [-0.3, -0.25) is 0 Å². The van der Waals surface area contributed by atoms with Gasteiger partial charge in [-0.1, -0.05) is 0 Å². The standard InChI is InChI=1S/C13H21NOS/c1-9-8-12(14-6-5-7-16)10(2)11(3)13(9)15-4/h8,14,16H,5-7H2,1-4H3. The van der Waals surface area contributed by atoms with Gasteiger partial charge in [0.1, 0.15) is 5.75 Å². The minimum absolute atomic E-state index is 0.917. The molecule has 1 aromatic carbocycles. The highest BCUT2D eigenvalue weighted by molar-refractivity contribution is 7.80. The van der Waals surface area contributed by atoms with Gasteiger partial charge in [0.2, 0.25) is 0 Å². The lowest BCUT2D eigenvalue weighted by Crippen LogP contribution is -2.06. The maximum absolute atomic E-state index is 5.40. The average molecular weight is 239 g/mol. The van der Waals surface area contributed by atoms with Crippen LogP contribution in [-0.2, 0) is 0 Å². The Hall–Kier alpha value is -0.830. The molecular formula is C13H21NOS. The number of hydrogen-bond donors (Lipinski definition) is 2. The van der Waals surface area contributed by atoms with Gasteiger partial charge in [0.25, 0.3) is 0 Å². The van der Waals surface area contributed by atoms with Crippen LogP contribution in [0.15, 0.2) is 6.07 Å². The molecule has 0 radical (unpaired) electrons. The van der Waals surface area contributed by atoms with Gasteiger partial charge in [0.05, 0.1) is 7.11 Å². The van der Waals surface area contributed by atoms with E-state index < -0.39 is 0 Å². The fourth-order valence-corrected chi connectivity index (χ4v) is 2.02. The van der Waals surface area contributed by atoms with E-state index in [0.717, 1.165) is 24.5 Å². The smallest absolute Gasteiger partial charge is 0.125 e. The lowest BCUT2D eigenvalue weighted by molar-refractivity contribution is 0.408. The van der Waals surface area contributed by atoms with Crippen molar-refractivity contribution < 1.29 is 4.74 Å². The molecule has 1 rings (SSSR count). The number of aryl methyl sites for hydroxylation is 1. The van der Waals surface area contributed by atoms with Crippen LogP contribution in [0.1, 0.15) is 23.1 Å². The van der Waals surface area contributed by atoms with Gasteiger partial charge in [0, 0.05) is 12.2 Å². The Morgan fingerprint density at radius 1 is 1.25 bits per heavy atom. The van der Waals surface area contributed by atoms with Crippen LogP contribution in [0.25, 0.3) is 0 Å². The Balaban J connectivity index is 2.94. The molecule has 90 valence electrons. The summed E-state index contributed by atoms with van der Waals surface area (Å²) in [4.78, 5) is 0. The lowest BCUT2D eigenvalue weighted by Gasteiger charge is -2.16. The maximum Gasteiger partial charge on any atom is 0.125 e. The van der Waals surface area contributed by atoms with Crippen molar-refractivity contribution >= 4 is 18.3 Å². The molecule has 0 aliphatic carbocycles. The average Bonchev–Trinajstić information content (AvgIpc) is 2.26. The normalized spacial score (nSPS) is 10.3. The summed E-state index contributed by atoms with van der Waals surface area (Å²) in [5, 5.41) is 3.44.